The van der Waals surface area contributed by atoms with E-state index in [9.17, 15) is 10.1 Å². The second-order valence-corrected chi connectivity index (χ2v) is 4.58. The van der Waals surface area contributed by atoms with Gasteiger partial charge in [0.25, 0.3) is 0 Å². The van der Waals surface area contributed by atoms with Gasteiger partial charge in [0.1, 0.15) is 11.2 Å². The summed E-state index contributed by atoms with van der Waals surface area (Å²) in [6.45, 7) is 1.93. The molecule has 17 heavy (non-hydrogen) atoms. The number of aryl methyl sites for hydroxylation is 1. The minimum atomic E-state index is -0.804. The quantitative estimate of drug-likeness (QED) is 0.749. The van der Waals surface area contributed by atoms with Gasteiger partial charge in [-0.15, -0.1) is 0 Å². The third kappa shape index (κ3) is 1.80. The summed E-state index contributed by atoms with van der Waals surface area (Å²) in [5, 5.41) is 9.19. The highest BCUT2D eigenvalue weighted by Gasteiger charge is 2.45. The van der Waals surface area contributed by atoms with E-state index < -0.39 is 5.41 Å². The molecule has 3 nitrogen and oxygen atoms in total. The van der Waals surface area contributed by atoms with Crippen molar-refractivity contribution in [3.05, 3.63) is 29.3 Å². The molecule has 1 aliphatic carbocycles. The van der Waals surface area contributed by atoms with Crippen molar-refractivity contribution >= 4 is 5.78 Å². The average Bonchev–Trinajstić information content (AvgIpc) is 2.28. The van der Waals surface area contributed by atoms with Crippen LogP contribution in [0.5, 0.6) is 5.75 Å². The summed E-state index contributed by atoms with van der Waals surface area (Å²) < 4.78 is 5.20. The molecule has 1 aliphatic rings. The number of nitriles is 1. The first-order valence-electron chi connectivity index (χ1n) is 5.74. The predicted molar refractivity (Wildman–Crippen MR) is 64.0 cm³/mol. The Balaban J connectivity index is 2.43. The number of Topliss-reactive ketones (excluding diaryl/α,β-unsaturated/α-hetero) is 1. The van der Waals surface area contributed by atoms with Gasteiger partial charge in [0.15, 0.2) is 5.78 Å². The summed E-state index contributed by atoms with van der Waals surface area (Å²) in [5.74, 6) is 0.467. The Kier molecular flexibility index (Phi) is 2.89. The van der Waals surface area contributed by atoms with Crippen molar-refractivity contribution in [2.75, 3.05) is 7.11 Å². The van der Waals surface area contributed by atoms with Crippen LogP contribution >= 0.6 is 0 Å². The van der Waals surface area contributed by atoms with E-state index in [4.69, 9.17) is 4.74 Å². The lowest BCUT2D eigenvalue weighted by atomic mass is 9.65. The van der Waals surface area contributed by atoms with E-state index in [-0.39, 0.29) is 5.78 Å². The molecule has 0 atom stereocenters. The molecule has 0 amide bonds. The van der Waals surface area contributed by atoms with Crippen molar-refractivity contribution in [1.82, 2.24) is 0 Å². The first-order chi connectivity index (χ1) is 8.13. The predicted octanol–water partition coefficient (Wildman–Crippen LogP) is 2.88. The number of ether oxygens (including phenoxy) is 1. The SMILES string of the molecule is COc1ccc(C)cc1C(=O)C1(C#N)CCC1. The van der Waals surface area contributed by atoms with Gasteiger partial charge in [0.05, 0.1) is 18.7 Å². The second kappa shape index (κ2) is 4.21. The van der Waals surface area contributed by atoms with Crippen molar-refractivity contribution in [3.63, 3.8) is 0 Å². The summed E-state index contributed by atoms with van der Waals surface area (Å²) in [6.07, 6.45) is 2.28. The van der Waals surface area contributed by atoms with Crippen molar-refractivity contribution in [2.24, 2.45) is 5.41 Å². The Hall–Kier alpha value is -1.82. The first-order valence-corrected chi connectivity index (χ1v) is 5.74. The van der Waals surface area contributed by atoms with E-state index in [1.165, 1.54) is 0 Å². The molecule has 1 saturated carbocycles. The van der Waals surface area contributed by atoms with E-state index in [2.05, 4.69) is 6.07 Å². The molecule has 1 fully saturated rings. The van der Waals surface area contributed by atoms with Crippen LogP contribution in [0.15, 0.2) is 18.2 Å². The van der Waals surface area contributed by atoms with Crippen LogP contribution in [0.4, 0.5) is 0 Å². The number of rotatable bonds is 3. The summed E-state index contributed by atoms with van der Waals surface area (Å²) >= 11 is 0. The molecule has 0 spiro atoms. The molecule has 0 aromatic heterocycles. The number of nitrogens with zero attached hydrogens (tertiary/aromatic N) is 1. The lowest BCUT2D eigenvalue weighted by Gasteiger charge is -2.33. The lowest BCUT2D eigenvalue weighted by molar-refractivity contribution is 0.0745. The van der Waals surface area contributed by atoms with E-state index in [1.807, 2.05) is 13.0 Å². The smallest absolute Gasteiger partial charge is 0.186 e. The molecule has 1 aromatic carbocycles. The van der Waals surface area contributed by atoms with Crippen LogP contribution in [0.1, 0.15) is 35.2 Å². The monoisotopic (exact) mass is 229 g/mol. The van der Waals surface area contributed by atoms with Gasteiger partial charge in [0.2, 0.25) is 0 Å². The molecule has 0 radical (unpaired) electrons. The molecular formula is C14H15NO2. The highest BCUT2D eigenvalue weighted by atomic mass is 16.5. The van der Waals surface area contributed by atoms with Gasteiger partial charge >= 0.3 is 0 Å². The third-order valence-corrected chi connectivity index (χ3v) is 3.46. The van der Waals surface area contributed by atoms with E-state index in [0.717, 1.165) is 12.0 Å². The van der Waals surface area contributed by atoms with Crippen LogP contribution < -0.4 is 4.74 Å². The molecule has 0 N–H and O–H groups in total. The number of benzene rings is 1. The van der Waals surface area contributed by atoms with Crippen LogP contribution in [-0.4, -0.2) is 12.9 Å². The second-order valence-electron chi connectivity index (χ2n) is 4.58. The van der Waals surface area contributed by atoms with Gasteiger partial charge < -0.3 is 4.74 Å². The average molecular weight is 229 g/mol. The third-order valence-electron chi connectivity index (χ3n) is 3.46. The van der Waals surface area contributed by atoms with Crippen molar-refractivity contribution in [1.29, 1.82) is 5.26 Å². The highest BCUT2D eigenvalue weighted by molar-refractivity contribution is 6.05. The van der Waals surface area contributed by atoms with E-state index in [0.29, 0.717) is 24.2 Å². The van der Waals surface area contributed by atoms with Crippen molar-refractivity contribution in [2.45, 2.75) is 26.2 Å². The van der Waals surface area contributed by atoms with Gasteiger partial charge in [-0.25, -0.2) is 0 Å². The minimum absolute atomic E-state index is 0.0909. The fourth-order valence-corrected chi connectivity index (χ4v) is 2.18. The number of ketones is 1. The number of carbonyl (C=O) groups excluding carboxylic acids is 1. The number of methoxy groups -OCH3 is 1. The Morgan fingerprint density at radius 1 is 1.47 bits per heavy atom. The minimum Gasteiger partial charge on any atom is -0.496 e. The summed E-state index contributed by atoms with van der Waals surface area (Å²) in [6, 6.07) is 7.67. The molecule has 0 unspecified atom stereocenters. The van der Waals surface area contributed by atoms with Gasteiger partial charge in [-0.2, -0.15) is 5.26 Å². The van der Waals surface area contributed by atoms with Crippen LogP contribution in [0.25, 0.3) is 0 Å². The normalized spacial score (nSPS) is 16.8. The van der Waals surface area contributed by atoms with Gasteiger partial charge in [-0.1, -0.05) is 11.6 Å². The molecular weight excluding hydrogens is 214 g/mol. The molecule has 3 heteroatoms. The van der Waals surface area contributed by atoms with Gasteiger partial charge in [-0.3, -0.25) is 4.79 Å². The molecule has 0 bridgehead atoms. The van der Waals surface area contributed by atoms with Crippen molar-refractivity contribution in [3.8, 4) is 11.8 Å². The summed E-state index contributed by atoms with van der Waals surface area (Å²) in [4.78, 5) is 12.4. The Bertz CT molecular complexity index is 495. The molecule has 2 rings (SSSR count). The Labute approximate surface area is 101 Å². The van der Waals surface area contributed by atoms with Crippen molar-refractivity contribution < 1.29 is 9.53 Å². The molecule has 0 heterocycles. The summed E-state index contributed by atoms with van der Waals surface area (Å²) in [5.41, 5.74) is 0.733. The number of carbonyl (C=O) groups is 1. The fourth-order valence-electron chi connectivity index (χ4n) is 2.18. The van der Waals surface area contributed by atoms with Gasteiger partial charge in [-0.05, 0) is 38.3 Å². The maximum Gasteiger partial charge on any atom is 0.186 e. The maximum atomic E-state index is 12.4. The first kappa shape index (κ1) is 11.7. The van der Waals surface area contributed by atoms with Crippen LogP contribution in [0.3, 0.4) is 0 Å². The largest absolute Gasteiger partial charge is 0.496 e. The zero-order chi connectivity index (χ0) is 12.5. The van der Waals surface area contributed by atoms with E-state index in [1.54, 1.807) is 19.2 Å². The summed E-state index contributed by atoms with van der Waals surface area (Å²) in [7, 11) is 1.54. The topological polar surface area (TPSA) is 50.1 Å². The molecule has 88 valence electrons. The van der Waals surface area contributed by atoms with Crippen LogP contribution in [-0.2, 0) is 0 Å². The van der Waals surface area contributed by atoms with Gasteiger partial charge in [0, 0.05) is 0 Å². The Morgan fingerprint density at radius 2 is 2.18 bits per heavy atom. The maximum absolute atomic E-state index is 12.4. The highest BCUT2D eigenvalue weighted by Crippen LogP contribution is 2.44. The van der Waals surface area contributed by atoms with Crippen LogP contribution in [0, 0.1) is 23.7 Å². The Morgan fingerprint density at radius 3 is 2.65 bits per heavy atom. The standard InChI is InChI=1S/C14H15NO2/c1-10-4-5-12(17-2)11(8-10)13(16)14(9-15)6-3-7-14/h4-5,8H,3,6-7H2,1-2H3. The number of hydrogen-bond acceptors (Lipinski definition) is 3. The van der Waals surface area contributed by atoms with Crippen LogP contribution in [0.2, 0.25) is 0 Å². The number of hydrogen-bond donors (Lipinski definition) is 0. The zero-order valence-electron chi connectivity index (χ0n) is 10.1. The van der Waals surface area contributed by atoms with E-state index >= 15 is 0 Å². The lowest BCUT2D eigenvalue weighted by Crippen LogP contribution is -2.36. The molecule has 0 saturated heterocycles. The molecule has 0 aliphatic heterocycles. The zero-order valence-corrected chi connectivity index (χ0v) is 10.1. The fraction of sp³-hybridized carbons (Fsp3) is 0.429. The molecule has 1 aromatic rings.